The standard InChI is InChI=1S/C16H19Br2ClN2O2/c1-15(2,3)23-14(22)21-8-16(5-4-9(17)6-16)11-12(19)10(18)7-20-13(11)21/h7,9H,4-6,8H2,1-3H3. The average molecular weight is 467 g/mol. The minimum atomic E-state index is -0.542. The number of halogens is 3. The molecule has 0 N–H and O–H groups in total. The molecule has 1 aromatic rings. The van der Waals surface area contributed by atoms with E-state index in [-0.39, 0.29) is 11.5 Å². The van der Waals surface area contributed by atoms with Crippen LogP contribution in [0.1, 0.15) is 45.6 Å². The van der Waals surface area contributed by atoms with Crippen LogP contribution in [-0.2, 0) is 10.2 Å². The van der Waals surface area contributed by atoms with E-state index in [0.717, 1.165) is 29.3 Å². The summed E-state index contributed by atoms with van der Waals surface area (Å²) in [5.41, 5.74) is 0.287. The zero-order valence-electron chi connectivity index (χ0n) is 13.3. The van der Waals surface area contributed by atoms with Crippen molar-refractivity contribution in [3.8, 4) is 0 Å². The summed E-state index contributed by atoms with van der Waals surface area (Å²) in [6.45, 7) is 6.17. The molecule has 1 aliphatic heterocycles. The molecular weight excluding hydrogens is 447 g/mol. The van der Waals surface area contributed by atoms with E-state index in [0.29, 0.717) is 22.2 Å². The molecule has 2 atom stereocenters. The monoisotopic (exact) mass is 464 g/mol. The molecule has 0 bridgehead atoms. The SMILES string of the molecule is CC(C)(C)OC(=O)N1CC2(CCC(Br)C2)c2c1ncc(Br)c2Cl. The highest BCUT2D eigenvalue weighted by Crippen LogP contribution is 2.54. The highest BCUT2D eigenvalue weighted by Gasteiger charge is 2.51. The number of rotatable bonds is 0. The number of amides is 1. The Kier molecular flexibility index (Phi) is 4.47. The van der Waals surface area contributed by atoms with E-state index in [9.17, 15) is 4.79 Å². The van der Waals surface area contributed by atoms with Gasteiger partial charge in [0.1, 0.15) is 11.4 Å². The molecule has 7 heteroatoms. The second-order valence-corrected chi connectivity index (χ2v) is 9.83. The second kappa shape index (κ2) is 5.88. The first-order valence-electron chi connectivity index (χ1n) is 7.62. The molecule has 1 saturated carbocycles. The molecule has 1 amide bonds. The van der Waals surface area contributed by atoms with Crippen LogP contribution in [0.4, 0.5) is 10.6 Å². The van der Waals surface area contributed by atoms with Gasteiger partial charge in [-0.1, -0.05) is 27.5 Å². The van der Waals surface area contributed by atoms with Crippen molar-refractivity contribution in [2.24, 2.45) is 0 Å². The van der Waals surface area contributed by atoms with Crippen molar-refractivity contribution in [1.29, 1.82) is 0 Å². The summed E-state index contributed by atoms with van der Waals surface area (Å²) in [7, 11) is 0. The van der Waals surface area contributed by atoms with E-state index in [1.54, 1.807) is 11.1 Å². The van der Waals surface area contributed by atoms with Gasteiger partial charge in [-0.05, 0) is 56.0 Å². The van der Waals surface area contributed by atoms with Gasteiger partial charge < -0.3 is 4.74 Å². The summed E-state index contributed by atoms with van der Waals surface area (Å²) in [6.07, 6.45) is 4.27. The van der Waals surface area contributed by atoms with Crippen molar-refractivity contribution < 1.29 is 9.53 Å². The summed E-state index contributed by atoms with van der Waals surface area (Å²) in [5, 5.41) is 0.655. The Labute approximate surface area is 158 Å². The van der Waals surface area contributed by atoms with Crippen LogP contribution in [0.3, 0.4) is 0 Å². The number of anilines is 1. The Morgan fingerprint density at radius 2 is 2.22 bits per heavy atom. The third-order valence-corrected chi connectivity index (χ3v) is 6.37. The Balaban J connectivity index is 2.05. The first kappa shape index (κ1) is 17.5. The lowest BCUT2D eigenvalue weighted by atomic mass is 9.81. The zero-order chi connectivity index (χ0) is 17.0. The van der Waals surface area contributed by atoms with E-state index in [2.05, 4.69) is 36.8 Å². The van der Waals surface area contributed by atoms with Gasteiger partial charge in [-0.3, -0.25) is 4.90 Å². The summed E-state index contributed by atoms with van der Waals surface area (Å²) in [4.78, 5) is 19.2. The van der Waals surface area contributed by atoms with E-state index < -0.39 is 5.60 Å². The topological polar surface area (TPSA) is 42.4 Å². The summed E-state index contributed by atoms with van der Waals surface area (Å²) < 4.78 is 6.32. The number of hydrogen-bond acceptors (Lipinski definition) is 3. The maximum Gasteiger partial charge on any atom is 0.416 e. The molecule has 4 nitrogen and oxygen atoms in total. The number of carbonyl (C=O) groups excluding carboxylic acids is 1. The number of ether oxygens (including phenoxy) is 1. The molecule has 0 aromatic carbocycles. The largest absolute Gasteiger partial charge is 0.443 e. The van der Waals surface area contributed by atoms with Gasteiger partial charge in [-0.2, -0.15) is 0 Å². The van der Waals surface area contributed by atoms with E-state index >= 15 is 0 Å². The van der Waals surface area contributed by atoms with E-state index in [1.807, 2.05) is 20.8 Å². The highest BCUT2D eigenvalue weighted by molar-refractivity contribution is 9.10. The van der Waals surface area contributed by atoms with Crippen LogP contribution in [-0.4, -0.2) is 28.1 Å². The zero-order valence-corrected chi connectivity index (χ0v) is 17.3. The van der Waals surface area contributed by atoms with E-state index in [4.69, 9.17) is 16.3 Å². The van der Waals surface area contributed by atoms with Crippen molar-refractivity contribution in [2.75, 3.05) is 11.4 Å². The molecule has 23 heavy (non-hydrogen) atoms. The molecule has 0 radical (unpaired) electrons. The van der Waals surface area contributed by atoms with E-state index in [1.165, 1.54) is 0 Å². The fourth-order valence-corrected chi connectivity index (χ4v) is 4.97. The third-order valence-electron chi connectivity index (χ3n) is 4.36. The number of aromatic nitrogens is 1. The van der Waals surface area contributed by atoms with Gasteiger partial charge in [0.25, 0.3) is 0 Å². The van der Waals surface area contributed by atoms with Crippen molar-refractivity contribution >= 4 is 55.4 Å². The van der Waals surface area contributed by atoms with Crippen LogP contribution in [0.5, 0.6) is 0 Å². The number of fused-ring (bicyclic) bond motifs is 2. The minimum Gasteiger partial charge on any atom is -0.443 e. The van der Waals surface area contributed by atoms with Gasteiger partial charge in [0.2, 0.25) is 0 Å². The van der Waals surface area contributed by atoms with Crippen molar-refractivity contribution in [3.63, 3.8) is 0 Å². The van der Waals surface area contributed by atoms with Crippen molar-refractivity contribution in [2.45, 2.75) is 55.9 Å². The number of hydrogen-bond donors (Lipinski definition) is 0. The first-order chi connectivity index (χ1) is 10.6. The van der Waals surface area contributed by atoms with Crippen molar-refractivity contribution in [3.05, 3.63) is 21.3 Å². The summed E-state index contributed by atoms with van der Waals surface area (Å²) >= 11 is 13.8. The van der Waals surface area contributed by atoms with Gasteiger partial charge in [0.05, 0.1) is 9.50 Å². The van der Waals surface area contributed by atoms with Gasteiger partial charge in [-0.15, -0.1) is 0 Å². The van der Waals surface area contributed by atoms with Crippen LogP contribution < -0.4 is 4.90 Å². The molecular formula is C16H19Br2ClN2O2. The van der Waals surface area contributed by atoms with Crippen LogP contribution >= 0.6 is 43.5 Å². The Hall–Kier alpha value is -0.330. The number of carbonyl (C=O) groups is 1. The highest BCUT2D eigenvalue weighted by atomic mass is 79.9. The Morgan fingerprint density at radius 1 is 1.52 bits per heavy atom. The Morgan fingerprint density at radius 3 is 2.78 bits per heavy atom. The van der Waals surface area contributed by atoms with Crippen LogP contribution in [0.2, 0.25) is 5.02 Å². The molecule has 1 aromatic heterocycles. The second-order valence-electron chi connectivity index (χ2n) is 7.31. The molecule has 0 saturated heterocycles. The average Bonchev–Trinajstić information content (AvgIpc) is 2.94. The number of alkyl halides is 1. The molecule has 2 aliphatic rings. The first-order valence-corrected chi connectivity index (χ1v) is 9.71. The van der Waals surface area contributed by atoms with Gasteiger partial charge in [0.15, 0.2) is 0 Å². The Bertz CT molecular complexity index is 662. The molecule has 3 rings (SSSR count). The fraction of sp³-hybridized carbons (Fsp3) is 0.625. The van der Waals surface area contributed by atoms with Gasteiger partial charge >= 0.3 is 6.09 Å². The maximum atomic E-state index is 12.6. The lowest BCUT2D eigenvalue weighted by Gasteiger charge is -2.27. The predicted molar refractivity (Wildman–Crippen MR) is 98.8 cm³/mol. The molecule has 1 spiro atoms. The third kappa shape index (κ3) is 3.14. The number of nitrogens with zero attached hydrogens (tertiary/aromatic N) is 2. The maximum absolute atomic E-state index is 12.6. The molecule has 2 unspecified atom stereocenters. The van der Waals surface area contributed by atoms with Crippen LogP contribution in [0, 0.1) is 0 Å². The lowest BCUT2D eigenvalue weighted by molar-refractivity contribution is 0.0577. The minimum absolute atomic E-state index is 0.145. The van der Waals surface area contributed by atoms with Gasteiger partial charge in [-0.25, -0.2) is 9.78 Å². The predicted octanol–water partition coefficient (Wildman–Crippen LogP) is 5.44. The van der Waals surface area contributed by atoms with Crippen molar-refractivity contribution in [1.82, 2.24) is 4.98 Å². The molecule has 126 valence electrons. The summed E-state index contributed by atoms with van der Waals surface area (Å²) in [6, 6.07) is 0. The number of pyridine rings is 1. The van der Waals surface area contributed by atoms with Crippen LogP contribution in [0.15, 0.2) is 10.7 Å². The smallest absolute Gasteiger partial charge is 0.416 e. The molecule has 2 heterocycles. The lowest BCUT2D eigenvalue weighted by Crippen LogP contribution is -2.39. The fourth-order valence-electron chi connectivity index (χ4n) is 3.49. The normalized spacial score (nSPS) is 26.7. The van der Waals surface area contributed by atoms with Crippen LogP contribution in [0.25, 0.3) is 0 Å². The molecule has 1 fully saturated rings. The quantitative estimate of drug-likeness (QED) is 0.479. The molecule has 1 aliphatic carbocycles. The van der Waals surface area contributed by atoms with Gasteiger partial charge in [0, 0.05) is 28.5 Å². The summed E-state index contributed by atoms with van der Waals surface area (Å²) in [5.74, 6) is 0.633.